The van der Waals surface area contributed by atoms with Crippen molar-refractivity contribution in [2.45, 2.75) is 38.1 Å². The molecule has 4 heteroatoms. The highest BCUT2D eigenvalue weighted by Crippen LogP contribution is 2.11. The number of rotatable bonds is 5. The van der Waals surface area contributed by atoms with E-state index in [2.05, 4.69) is 21.2 Å². The average molecular weight is 252 g/mol. The molecule has 0 saturated heterocycles. The fourth-order valence-corrected chi connectivity index (χ4v) is 0.966. The summed E-state index contributed by atoms with van der Waals surface area (Å²) in [5.74, 6) is 0.280. The van der Waals surface area contributed by atoms with Crippen LogP contribution in [0.15, 0.2) is 0 Å². The number of carbonyl (C=O) groups is 1. The Labute approximate surface area is 88.0 Å². The summed E-state index contributed by atoms with van der Waals surface area (Å²) in [4.78, 5) is 11.2. The second kappa shape index (κ2) is 6.38. The first-order valence-electron chi connectivity index (χ1n) is 4.55. The molecule has 2 atom stereocenters. The molecule has 0 rings (SSSR count). The number of halogens is 1. The Morgan fingerprint density at radius 3 is 2.38 bits per heavy atom. The second-order valence-electron chi connectivity index (χ2n) is 3.57. The topological polar surface area (TPSA) is 49.3 Å². The molecular weight excluding hydrogens is 234 g/mol. The van der Waals surface area contributed by atoms with Gasteiger partial charge in [0.15, 0.2) is 0 Å². The highest BCUT2D eigenvalue weighted by atomic mass is 79.9. The molecule has 0 fully saturated rings. The normalized spacial score (nSPS) is 15.5. The van der Waals surface area contributed by atoms with Gasteiger partial charge in [-0.25, -0.2) is 0 Å². The number of alkyl halides is 1. The predicted molar refractivity (Wildman–Crippen MR) is 56.9 cm³/mol. The molecule has 0 radical (unpaired) electrons. The van der Waals surface area contributed by atoms with Crippen LogP contribution in [0.25, 0.3) is 0 Å². The van der Waals surface area contributed by atoms with E-state index in [0.717, 1.165) is 0 Å². The monoisotopic (exact) mass is 251 g/mol. The molecule has 1 amide bonds. The molecular formula is C9H18BrNO2. The van der Waals surface area contributed by atoms with Crippen LogP contribution in [0.1, 0.15) is 27.2 Å². The lowest BCUT2D eigenvalue weighted by Crippen LogP contribution is -2.35. The quantitative estimate of drug-likeness (QED) is 0.724. The third kappa shape index (κ3) is 6.05. The van der Waals surface area contributed by atoms with E-state index in [9.17, 15) is 4.79 Å². The van der Waals surface area contributed by atoms with Crippen molar-refractivity contribution in [2.24, 2.45) is 5.92 Å². The molecule has 0 aromatic heterocycles. The first-order chi connectivity index (χ1) is 5.95. The van der Waals surface area contributed by atoms with Gasteiger partial charge < -0.3 is 10.4 Å². The summed E-state index contributed by atoms with van der Waals surface area (Å²) >= 11 is 3.30. The van der Waals surface area contributed by atoms with Crippen molar-refractivity contribution in [3.05, 3.63) is 0 Å². The van der Waals surface area contributed by atoms with Gasteiger partial charge in [0, 0.05) is 6.54 Å². The fraction of sp³-hybridized carbons (Fsp3) is 0.889. The maximum absolute atomic E-state index is 11.3. The number of carbonyl (C=O) groups excluding carboxylic acids is 1. The van der Waals surface area contributed by atoms with Crippen LogP contribution in [0.3, 0.4) is 0 Å². The van der Waals surface area contributed by atoms with Crippen LogP contribution < -0.4 is 5.32 Å². The molecule has 0 aliphatic carbocycles. The van der Waals surface area contributed by atoms with Gasteiger partial charge in [0.2, 0.25) is 5.91 Å². The Hall–Kier alpha value is -0.0900. The number of hydrogen-bond acceptors (Lipinski definition) is 2. The third-order valence-corrected chi connectivity index (χ3v) is 3.17. The summed E-state index contributed by atoms with van der Waals surface area (Å²) < 4.78 is 0. The van der Waals surface area contributed by atoms with Crippen LogP contribution in [0.2, 0.25) is 0 Å². The minimum absolute atomic E-state index is 0.00403. The van der Waals surface area contributed by atoms with Crippen molar-refractivity contribution < 1.29 is 9.90 Å². The largest absolute Gasteiger partial charge is 0.393 e. The summed E-state index contributed by atoms with van der Waals surface area (Å²) in [6.07, 6.45) is 0.247. The standard InChI is InChI=1S/C9H18BrNO2/c1-6(2)8(10)9(13)11-5-4-7(3)12/h6-8,12H,4-5H2,1-3H3,(H,11,13). The molecule has 2 N–H and O–H groups in total. The zero-order valence-corrected chi connectivity index (χ0v) is 9.97. The Kier molecular flexibility index (Phi) is 6.33. The van der Waals surface area contributed by atoms with Crippen molar-refractivity contribution in [1.29, 1.82) is 0 Å². The molecule has 78 valence electrons. The Morgan fingerprint density at radius 1 is 1.46 bits per heavy atom. The van der Waals surface area contributed by atoms with Gasteiger partial charge in [-0.3, -0.25) is 4.79 Å². The summed E-state index contributed by atoms with van der Waals surface area (Å²) in [6.45, 7) is 6.20. The van der Waals surface area contributed by atoms with Crippen LogP contribution in [-0.2, 0) is 4.79 Å². The number of hydrogen-bond donors (Lipinski definition) is 2. The van der Waals surface area contributed by atoms with Crippen LogP contribution in [0.4, 0.5) is 0 Å². The molecule has 0 bridgehead atoms. The van der Waals surface area contributed by atoms with E-state index in [1.807, 2.05) is 13.8 Å². The van der Waals surface area contributed by atoms with Crippen molar-refractivity contribution >= 4 is 21.8 Å². The maximum atomic E-state index is 11.3. The number of nitrogens with one attached hydrogen (secondary N) is 1. The van der Waals surface area contributed by atoms with Gasteiger partial charge in [-0.1, -0.05) is 29.8 Å². The van der Waals surface area contributed by atoms with E-state index < -0.39 is 0 Å². The zero-order chi connectivity index (χ0) is 10.4. The lowest BCUT2D eigenvalue weighted by atomic mass is 10.1. The molecule has 0 aliphatic rings. The SMILES string of the molecule is CC(O)CCNC(=O)C(Br)C(C)C. The van der Waals surface area contributed by atoms with E-state index in [4.69, 9.17) is 5.11 Å². The van der Waals surface area contributed by atoms with Gasteiger partial charge in [0.25, 0.3) is 0 Å². The highest BCUT2D eigenvalue weighted by Gasteiger charge is 2.17. The summed E-state index contributed by atoms with van der Waals surface area (Å²) in [5, 5.41) is 11.7. The minimum Gasteiger partial charge on any atom is -0.393 e. The summed E-state index contributed by atoms with van der Waals surface area (Å²) in [6, 6.07) is 0. The third-order valence-electron chi connectivity index (χ3n) is 1.70. The molecule has 0 aromatic carbocycles. The Balaban J connectivity index is 3.62. The van der Waals surface area contributed by atoms with Gasteiger partial charge in [-0.15, -0.1) is 0 Å². The lowest BCUT2D eigenvalue weighted by Gasteiger charge is -2.14. The van der Waals surface area contributed by atoms with E-state index in [1.54, 1.807) is 6.92 Å². The van der Waals surface area contributed by atoms with E-state index in [1.165, 1.54) is 0 Å². The van der Waals surface area contributed by atoms with Crippen molar-refractivity contribution in [3.8, 4) is 0 Å². The fourth-order valence-electron chi connectivity index (χ4n) is 0.805. The van der Waals surface area contributed by atoms with E-state index in [-0.39, 0.29) is 22.8 Å². The van der Waals surface area contributed by atoms with E-state index >= 15 is 0 Å². The van der Waals surface area contributed by atoms with Crippen LogP contribution in [0.5, 0.6) is 0 Å². The molecule has 0 aromatic rings. The van der Waals surface area contributed by atoms with Crippen LogP contribution in [-0.4, -0.2) is 28.5 Å². The highest BCUT2D eigenvalue weighted by molar-refractivity contribution is 9.10. The Morgan fingerprint density at radius 2 is 2.00 bits per heavy atom. The van der Waals surface area contributed by atoms with Crippen LogP contribution in [0, 0.1) is 5.92 Å². The molecule has 0 spiro atoms. The average Bonchev–Trinajstić information content (AvgIpc) is 2.02. The lowest BCUT2D eigenvalue weighted by molar-refractivity contribution is -0.121. The first-order valence-corrected chi connectivity index (χ1v) is 5.46. The number of aliphatic hydroxyl groups is 1. The molecule has 3 nitrogen and oxygen atoms in total. The first kappa shape index (κ1) is 12.9. The zero-order valence-electron chi connectivity index (χ0n) is 8.38. The van der Waals surface area contributed by atoms with Gasteiger partial charge in [-0.2, -0.15) is 0 Å². The van der Waals surface area contributed by atoms with Gasteiger partial charge in [-0.05, 0) is 19.3 Å². The summed E-state index contributed by atoms with van der Waals surface area (Å²) in [5.41, 5.74) is 0. The predicted octanol–water partition coefficient (Wildman–Crippen LogP) is 1.29. The van der Waals surface area contributed by atoms with Crippen molar-refractivity contribution in [3.63, 3.8) is 0 Å². The molecule has 0 heterocycles. The van der Waals surface area contributed by atoms with E-state index in [0.29, 0.717) is 13.0 Å². The molecule has 0 saturated carbocycles. The van der Waals surface area contributed by atoms with Crippen molar-refractivity contribution in [2.75, 3.05) is 6.54 Å². The number of aliphatic hydroxyl groups excluding tert-OH is 1. The van der Waals surface area contributed by atoms with Crippen molar-refractivity contribution in [1.82, 2.24) is 5.32 Å². The molecule has 13 heavy (non-hydrogen) atoms. The van der Waals surface area contributed by atoms with Gasteiger partial charge in [0.05, 0.1) is 10.9 Å². The Bertz CT molecular complexity index is 160. The summed E-state index contributed by atoms with van der Waals surface area (Å²) in [7, 11) is 0. The number of amides is 1. The smallest absolute Gasteiger partial charge is 0.234 e. The maximum Gasteiger partial charge on any atom is 0.234 e. The van der Waals surface area contributed by atoms with Crippen LogP contribution >= 0.6 is 15.9 Å². The molecule has 0 aliphatic heterocycles. The van der Waals surface area contributed by atoms with Gasteiger partial charge in [0.1, 0.15) is 0 Å². The second-order valence-corrected chi connectivity index (χ2v) is 4.56. The molecule has 2 unspecified atom stereocenters. The minimum atomic E-state index is -0.354. The van der Waals surface area contributed by atoms with Gasteiger partial charge >= 0.3 is 0 Å².